The van der Waals surface area contributed by atoms with Crippen LogP contribution in [0.25, 0.3) is 0 Å². The zero-order chi connectivity index (χ0) is 10.1. The summed E-state index contributed by atoms with van der Waals surface area (Å²) in [5, 5.41) is 3.62. The van der Waals surface area contributed by atoms with Crippen molar-refractivity contribution in [3.8, 4) is 0 Å². The van der Waals surface area contributed by atoms with Gasteiger partial charge in [-0.2, -0.15) is 0 Å². The van der Waals surface area contributed by atoms with Gasteiger partial charge in [-0.1, -0.05) is 0 Å². The average Bonchev–Trinajstić information content (AvgIpc) is 2.67. The molecule has 1 aromatic rings. The number of nitrogens with zero attached hydrogens (tertiary/aromatic N) is 2. The third-order valence-corrected chi connectivity index (χ3v) is 3.65. The van der Waals surface area contributed by atoms with Crippen LogP contribution in [-0.4, -0.2) is 35.6 Å². The monoisotopic (exact) mass is 203 g/mol. The Balaban J connectivity index is 1.68. The molecule has 2 fully saturated rings. The van der Waals surface area contributed by atoms with E-state index in [1.807, 2.05) is 18.5 Å². The third kappa shape index (κ3) is 1.84. The van der Waals surface area contributed by atoms with Crippen LogP contribution in [0.5, 0.6) is 0 Å². The summed E-state index contributed by atoms with van der Waals surface area (Å²) in [7, 11) is 0. The predicted molar refractivity (Wildman–Crippen MR) is 60.8 cm³/mol. The molecule has 2 bridgehead atoms. The Morgan fingerprint density at radius 1 is 1.33 bits per heavy atom. The van der Waals surface area contributed by atoms with Crippen molar-refractivity contribution in [1.82, 2.24) is 9.88 Å². The minimum Gasteiger partial charge on any atom is -0.381 e. The molecule has 3 atom stereocenters. The first-order chi connectivity index (χ1) is 7.42. The van der Waals surface area contributed by atoms with E-state index in [1.54, 1.807) is 0 Å². The first-order valence-electron chi connectivity index (χ1n) is 5.81. The first kappa shape index (κ1) is 9.16. The lowest BCUT2D eigenvalue weighted by molar-refractivity contribution is 0.255. The van der Waals surface area contributed by atoms with Crippen molar-refractivity contribution in [2.45, 2.75) is 18.9 Å². The van der Waals surface area contributed by atoms with Gasteiger partial charge in [0, 0.05) is 31.5 Å². The summed E-state index contributed by atoms with van der Waals surface area (Å²) in [6, 6.07) is 4.76. The zero-order valence-electron chi connectivity index (χ0n) is 8.89. The molecule has 1 aromatic heterocycles. The fourth-order valence-corrected chi connectivity index (χ4v) is 2.80. The van der Waals surface area contributed by atoms with Gasteiger partial charge < -0.3 is 10.2 Å². The maximum atomic E-state index is 4.14. The predicted octanol–water partition coefficient (Wildman–Crippen LogP) is 1.59. The van der Waals surface area contributed by atoms with Gasteiger partial charge in [-0.05, 0) is 37.4 Å². The second kappa shape index (κ2) is 3.81. The van der Waals surface area contributed by atoms with E-state index >= 15 is 0 Å². The van der Waals surface area contributed by atoms with Crippen LogP contribution in [0.4, 0.5) is 5.69 Å². The molecule has 0 amide bonds. The summed E-state index contributed by atoms with van der Waals surface area (Å²) in [4.78, 5) is 6.71. The molecule has 0 aromatic carbocycles. The highest BCUT2D eigenvalue weighted by Crippen LogP contribution is 2.29. The Bertz CT molecular complexity index is 325. The molecule has 1 N–H and O–H groups in total. The summed E-state index contributed by atoms with van der Waals surface area (Å²) in [6.45, 7) is 3.85. The molecule has 3 nitrogen and oxygen atoms in total. The molecular weight excluding hydrogens is 186 g/mol. The second-order valence-electron chi connectivity index (χ2n) is 4.63. The molecule has 3 heteroatoms. The number of fused-ring (bicyclic) bond motifs is 2. The van der Waals surface area contributed by atoms with Gasteiger partial charge in [0.05, 0.1) is 5.69 Å². The van der Waals surface area contributed by atoms with Crippen LogP contribution in [0.3, 0.4) is 0 Å². The molecule has 2 aliphatic rings. The minimum absolute atomic E-state index is 0.660. The van der Waals surface area contributed by atoms with Crippen molar-refractivity contribution < 1.29 is 0 Å². The number of piperidine rings is 1. The van der Waals surface area contributed by atoms with Crippen molar-refractivity contribution in [3.05, 3.63) is 24.5 Å². The Morgan fingerprint density at radius 3 is 3.13 bits per heavy atom. The minimum atomic E-state index is 0.660. The summed E-state index contributed by atoms with van der Waals surface area (Å²) >= 11 is 0. The van der Waals surface area contributed by atoms with Crippen LogP contribution in [0.15, 0.2) is 24.5 Å². The van der Waals surface area contributed by atoms with Gasteiger partial charge in [0.1, 0.15) is 0 Å². The summed E-state index contributed by atoms with van der Waals surface area (Å²) in [5.74, 6) is 0.846. The molecular formula is C12H17N3. The molecule has 0 radical (unpaired) electrons. The SMILES string of the molecule is c1cncc(NC2CCN3CCC2C3)c1. The smallest absolute Gasteiger partial charge is 0.0528 e. The van der Waals surface area contributed by atoms with Gasteiger partial charge in [-0.15, -0.1) is 0 Å². The molecule has 2 saturated heterocycles. The molecule has 3 heterocycles. The number of rotatable bonds is 2. The molecule has 0 saturated carbocycles. The van der Waals surface area contributed by atoms with Crippen LogP contribution >= 0.6 is 0 Å². The van der Waals surface area contributed by atoms with Gasteiger partial charge in [0.2, 0.25) is 0 Å². The molecule has 0 aliphatic carbocycles. The Hall–Kier alpha value is -1.09. The fraction of sp³-hybridized carbons (Fsp3) is 0.583. The van der Waals surface area contributed by atoms with Crippen LogP contribution in [-0.2, 0) is 0 Å². The number of hydrogen-bond donors (Lipinski definition) is 1. The number of aromatic nitrogens is 1. The van der Waals surface area contributed by atoms with E-state index in [2.05, 4.69) is 21.3 Å². The van der Waals surface area contributed by atoms with E-state index in [4.69, 9.17) is 0 Å². The van der Waals surface area contributed by atoms with Crippen LogP contribution < -0.4 is 5.32 Å². The van der Waals surface area contributed by atoms with Crippen molar-refractivity contribution in [3.63, 3.8) is 0 Å². The van der Waals surface area contributed by atoms with Gasteiger partial charge in [0.25, 0.3) is 0 Å². The summed E-state index contributed by atoms with van der Waals surface area (Å²) < 4.78 is 0. The fourth-order valence-electron chi connectivity index (χ4n) is 2.80. The van der Waals surface area contributed by atoms with E-state index in [1.165, 1.54) is 38.2 Å². The standard InChI is InChI=1S/C12H17N3/c1-2-11(8-13-5-1)14-12-4-7-15-6-3-10(12)9-15/h1-2,5,8,10,12,14H,3-4,6-7,9H2. The first-order valence-corrected chi connectivity index (χ1v) is 5.81. The largest absolute Gasteiger partial charge is 0.381 e. The van der Waals surface area contributed by atoms with Crippen molar-refractivity contribution in [1.29, 1.82) is 0 Å². The lowest BCUT2D eigenvalue weighted by Crippen LogP contribution is -2.39. The number of pyridine rings is 1. The maximum absolute atomic E-state index is 4.14. The highest BCUT2D eigenvalue weighted by molar-refractivity contribution is 5.41. The Labute approximate surface area is 90.5 Å². The normalized spacial score (nSPS) is 34.0. The van der Waals surface area contributed by atoms with Crippen LogP contribution in [0.1, 0.15) is 12.8 Å². The highest BCUT2D eigenvalue weighted by Gasteiger charge is 2.33. The van der Waals surface area contributed by atoms with E-state index in [-0.39, 0.29) is 0 Å². The van der Waals surface area contributed by atoms with E-state index in [0.29, 0.717) is 6.04 Å². The van der Waals surface area contributed by atoms with Gasteiger partial charge >= 0.3 is 0 Å². The van der Waals surface area contributed by atoms with Gasteiger partial charge in [-0.25, -0.2) is 0 Å². The quantitative estimate of drug-likeness (QED) is 0.791. The van der Waals surface area contributed by atoms with Crippen LogP contribution in [0, 0.1) is 5.92 Å². The summed E-state index contributed by atoms with van der Waals surface area (Å²) in [6.07, 6.45) is 6.38. The van der Waals surface area contributed by atoms with Crippen molar-refractivity contribution in [2.24, 2.45) is 5.92 Å². The number of hydrogen-bond acceptors (Lipinski definition) is 3. The molecule has 15 heavy (non-hydrogen) atoms. The van der Waals surface area contributed by atoms with Gasteiger partial charge in [0.15, 0.2) is 0 Å². The number of anilines is 1. The van der Waals surface area contributed by atoms with E-state index in [9.17, 15) is 0 Å². The zero-order valence-corrected chi connectivity index (χ0v) is 8.89. The lowest BCUT2D eigenvalue weighted by Gasteiger charge is -2.31. The number of nitrogens with one attached hydrogen (secondary N) is 1. The average molecular weight is 203 g/mol. The second-order valence-corrected chi connectivity index (χ2v) is 4.63. The molecule has 0 spiro atoms. The lowest BCUT2D eigenvalue weighted by atomic mass is 9.94. The Morgan fingerprint density at radius 2 is 2.27 bits per heavy atom. The molecule has 2 aliphatic heterocycles. The van der Waals surface area contributed by atoms with Crippen LogP contribution in [0.2, 0.25) is 0 Å². The topological polar surface area (TPSA) is 28.2 Å². The van der Waals surface area contributed by atoms with E-state index in [0.717, 1.165) is 5.92 Å². The molecule has 3 rings (SSSR count). The van der Waals surface area contributed by atoms with Crippen molar-refractivity contribution >= 4 is 5.69 Å². The van der Waals surface area contributed by atoms with Crippen molar-refractivity contribution in [2.75, 3.05) is 25.0 Å². The van der Waals surface area contributed by atoms with Gasteiger partial charge in [-0.3, -0.25) is 4.98 Å². The Kier molecular flexibility index (Phi) is 2.33. The third-order valence-electron chi connectivity index (χ3n) is 3.65. The maximum Gasteiger partial charge on any atom is 0.0528 e. The summed E-state index contributed by atoms with van der Waals surface area (Å²) in [5.41, 5.74) is 1.17. The van der Waals surface area contributed by atoms with E-state index < -0.39 is 0 Å². The molecule has 3 unspecified atom stereocenters. The molecule has 80 valence electrons. The highest BCUT2D eigenvalue weighted by atomic mass is 15.2.